The second-order valence-corrected chi connectivity index (χ2v) is 5.38. The Morgan fingerprint density at radius 3 is 2.53 bits per heavy atom. The lowest BCUT2D eigenvalue weighted by atomic mass is 10.1. The van der Waals surface area contributed by atoms with Crippen LogP contribution in [0.15, 0.2) is 18.2 Å². The second-order valence-electron chi connectivity index (χ2n) is 4.26. The largest absolute Gasteiger partial charge is 0.478 e. The predicted octanol–water partition coefficient (Wildman–Crippen LogP) is 3.11. The smallest absolute Gasteiger partial charge is 0.328 e. The highest BCUT2D eigenvalue weighted by Gasteiger charge is 2.19. The van der Waals surface area contributed by atoms with Crippen LogP contribution in [0, 0.1) is 0 Å². The van der Waals surface area contributed by atoms with E-state index in [1.165, 1.54) is 17.4 Å². The molecular formula is C14H19NO3S. The molecule has 0 bridgehead atoms. The lowest BCUT2D eigenvalue weighted by Gasteiger charge is -2.25. The standard InChI is InChI=1S/C14H19NO3S/c1-4-10(5-2)15(3)14(18)12-8-6-11(19-12)7-9-13(16)17/h6-10H,4-5H2,1-3H3,(H,16,17)/b9-7+. The fourth-order valence-corrected chi connectivity index (χ4v) is 2.78. The first kappa shape index (κ1) is 15.4. The van der Waals surface area contributed by atoms with Crippen LogP contribution in [0.4, 0.5) is 0 Å². The van der Waals surface area contributed by atoms with Gasteiger partial charge >= 0.3 is 5.97 Å². The number of hydrogen-bond donors (Lipinski definition) is 1. The van der Waals surface area contributed by atoms with Gasteiger partial charge in [0.05, 0.1) is 4.88 Å². The Balaban J connectivity index is 2.81. The van der Waals surface area contributed by atoms with Gasteiger partial charge in [-0.3, -0.25) is 4.79 Å². The molecule has 1 amide bonds. The minimum Gasteiger partial charge on any atom is -0.478 e. The highest BCUT2D eigenvalue weighted by Crippen LogP contribution is 2.21. The molecule has 0 aliphatic heterocycles. The Kier molecular flexibility index (Phi) is 5.76. The second kappa shape index (κ2) is 7.09. The summed E-state index contributed by atoms with van der Waals surface area (Å²) in [7, 11) is 1.81. The van der Waals surface area contributed by atoms with Crippen molar-refractivity contribution >= 4 is 29.3 Å². The molecule has 0 spiro atoms. The van der Waals surface area contributed by atoms with Crippen molar-refractivity contribution in [2.24, 2.45) is 0 Å². The van der Waals surface area contributed by atoms with Crippen LogP contribution in [-0.4, -0.2) is 35.0 Å². The average Bonchev–Trinajstić information content (AvgIpc) is 2.85. The number of carboxylic acids is 1. The monoisotopic (exact) mass is 281 g/mol. The summed E-state index contributed by atoms with van der Waals surface area (Å²) in [6.45, 7) is 4.13. The van der Waals surface area contributed by atoms with Crippen molar-refractivity contribution in [2.45, 2.75) is 32.7 Å². The van der Waals surface area contributed by atoms with E-state index in [-0.39, 0.29) is 11.9 Å². The molecular weight excluding hydrogens is 262 g/mol. The van der Waals surface area contributed by atoms with Crippen molar-refractivity contribution in [3.63, 3.8) is 0 Å². The first-order chi connectivity index (χ1) is 8.99. The molecule has 0 saturated heterocycles. The maximum absolute atomic E-state index is 12.3. The Bertz CT molecular complexity index is 475. The number of hydrogen-bond acceptors (Lipinski definition) is 3. The predicted molar refractivity (Wildman–Crippen MR) is 77.5 cm³/mol. The van der Waals surface area contributed by atoms with Crippen LogP contribution >= 0.6 is 11.3 Å². The van der Waals surface area contributed by atoms with Crippen molar-refractivity contribution in [3.8, 4) is 0 Å². The highest BCUT2D eigenvalue weighted by atomic mass is 32.1. The topological polar surface area (TPSA) is 57.6 Å². The molecule has 104 valence electrons. The molecule has 0 aliphatic rings. The molecule has 1 aromatic heterocycles. The first-order valence-corrected chi connectivity index (χ1v) is 7.09. The molecule has 1 rings (SSSR count). The van der Waals surface area contributed by atoms with Crippen LogP contribution < -0.4 is 0 Å². The van der Waals surface area contributed by atoms with E-state index in [2.05, 4.69) is 13.8 Å². The minimum absolute atomic E-state index is 0.00586. The molecule has 1 heterocycles. The average molecular weight is 281 g/mol. The third kappa shape index (κ3) is 4.21. The van der Waals surface area contributed by atoms with Crippen LogP contribution in [0.2, 0.25) is 0 Å². The summed E-state index contributed by atoms with van der Waals surface area (Å²) in [5.74, 6) is -0.996. The Hall–Kier alpha value is -1.62. The highest BCUT2D eigenvalue weighted by molar-refractivity contribution is 7.14. The van der Waals surface area contributed by atoms with Crippen LogP contribution in [-0.2, 0) is 4.79 Å². The van der Waals surface area contributed by atoms with E-state index in [4.69, 9.17) is 5.11 Å². The molecule has 0 fully saturated rings. The molecule has 19 heavy (non-hydrogen) atoms. The number of carbonyl (C=O) groups excluding carboxylic acids is 1. The lowest BCUT2D eigenvalue weighted by molar-refractivity contribution is -0.131. The quantitative estimate of drug-likeness (QED) is 0.815. The van der Waals surface area contributed by atoms with Gasteiger partial charge in [0.1, 0.15) is 0 Å². The van der Waals surface area contributed by atoms with Gasteiger partial charge < -0.3 is 10.0 Å². The molecule has 0 atom stereocenters. The number of amides is 1. The van der Waals surface area contributed by atoms with Gasteiger partial charge in [-0.1, -0.05) is 13.8 Å². The van der Waals surface area contributed by atoms with E-state index in [0.717, 1.165) is 23.8 Å². The number of carboxylic acid groups (broad SMARTS) is 1. The molecule has 0 aliphatic carbocycles. The Morgan fingerprint density at radius 2 is 2.00 bits per heavy atom. The van der Waals surface area contributed by atoms with Crippen LogP contribution in [0.1, 0.15) is 41.2 Å². The van der Waals surface area contributed by atoms with Crippen LogP contribution in [0.5, 0.6) is 0 Å². The van der Waals surface area contributed by atoms with Gasteiger partial charge in [-0.05, 0) is 31.1 Å². The third-order valence-electron chi connectivity index (χ3n) is 3.04. The molecule has 0 radical (unpaired) electrons. The van der Waals surface area contributed by atoms with Gasteiger partial charge in [-0.25, -0.2) is 4.79 Å². The molecule has 5 heteroatoms. The summed E-state index contributed by atoms with van der Waals surface area (Å²) in [4.78, 5) is 25.8. The zero-order valence-electron chi connectivity index (χ0n) is 11.4. The summed E-state index contributed by atoms with van der Waals surface area (Å²) < 4.78 is 0. The van der Waals surface area contributed by atoms with Gasteiger partial charge in [-0.15, -0.1) is 11.3 Å². The maximum atomic E-state index is 12.3. The van der Waals surface area contributed by atoms with E-state index in [0.29, 0.717) is 4.88 Å². The Morgan fingerprint density at radius 1 is 1.37 bits per heavy atom. The summed E-state index contributed by atoms with van der Waals surface area (Å²) >= 11 is 1.31. The zero-order valence-corrected chi connectivity index (χ0v) is 12.2. The van der Waals surface area contributed by atoms with E-state index < -0.39 is 5.97 Å². The molecule has 0 aromatic carbocycles. The van der Waals surface area contributed by atoms with Crippen molar-refractivity contribution in [3.05, 3.63) is 28.0 Å². The summed E-state index contributed by atoms with van der Waals surface area (Å²) in [5, 5.41) is 8.56. The fraction of sp³-hybridized carbons (Fsp3) is 0.429. The summed E-state index contributed by atoms with van der Waals surface area (Å²) in [6, 6.07) is 3.75. The maximum Gasteiger partial charge on any atom is 0.328 e. The van der Waals surface area contributed by atoms with Crippen molar-refractivity contribution in [2.75, 3.05) is 7.05 Å². The zero-order chi connectivity index (χ0) is 14.4. The van der Waals surface area contributed by atoms with Gasteiger partial charge in [-0.2, -0.15) is 0 Å². The van der Waals surface area contributed by atoms with Crippen LogP contribution in [0.3, 0.4) is 0 Å². The molecule has 4 nitrogen and oxygen atoms in total. The van der Waals surface area contributed by atoms with E-state index in [1.807, 2.05) is 7.05 Å². The third-order valence-corrected chi connectivity index (χ3v) is 4.08. The first-order valence-electron chi connectivity index (χ1n) is 6.27. The minimum atomic E-state index is -0.990. The molecule has 0 unspecified atom stereocenters. The van der Waals surface area contributed by atoms with Gasteiger partial charge in [0, 0.05) is 24.0 Å². The number of nitrogens with zero attached hydrogens (tertiary/aromatic N) is 1. The molecule has 1 aromatic rings. The SMILES string of the molecule is CCC(CC)N(C)C(=O)c1ccc(/C=C/C(=O)O)s1. The van der Waals surface area contributed by atoms with Crippen molar-refractivity contribution in [1.29, 1.82) is 0 Å². The van der Waals surface area contributed by atoms with Gasteiger partial charge in [0.2, 0.25) is 0 Å². The summed E-state index contributed by atoms with van der Waals surface area (Å²) in [6.07, 6.45) is 4.43. The number of aliphatic carboxylic acids is 1. The molecule has 1 N–H and O–H groups in total. The number of rotatable bonds is 6. The Labute approximate surface area is 117 Å². The molecule has 0 saturated carbocycles. The van der Waals surface area contributed by atoms with Crippen LogP contribution in [0.25, 0.3) is 6.08 Å². The van der Waals surface area contributed by atoms with Gasteiger partial charge in [0.25, 0.3) is 5.91 Å². The normalized spacial score (nSPS) is 11.2. The van der Waals surface area contributed by atoms with Crippen molar-refractivity contribution in [1.82, 2.24) is 4.90 Å². The number of thiophene rings is 1. The number of carbonyl (C=O) groups is 2. The van der Waals surface area contributed by atoms with Gasteiger partial charge in [0.15, 0.2) is 0 Å². The van der Waals surface area contributed by atoms with E-state index in [1.54, 1.807) is 17.0 Å². The van der Waals surface area contributed by atoms with E-state index >= 15 is 0 Å². The summed E-state index contributed by atoms with van der Waals surface area (Å²) in [5.41, 5.74) is 0. The van der Waals surface area contributed by atoms with E-state index in [9.17, 15) is 9.59 Å². The fourth-order valence-electron chi connectivity index (χ4n) is 1.89. The van der Waals surface area contributed by atoms with Crippen molar-refractivity contribution < 1.29 is 14.7 Å². The lowest BCUT2D eigenvalue weighted by Crippen LogP contribution is -2.35.